The Bertz CT molecular complexity index is 482. The van der Waals surface area contributed by atoms with Crippen LogP contribution in [0.2, 0.25) is 0 Å². The number of benzene rings is 1. The third kappa shape index (κ3) is 5.46. The van der Waals surface area contributed by atoms with Crippen LogP contribution in [-0.2, 0) is 0 Å². The molecular formula is C14H20N4O. The fourth-order valence-corrected chi connectivity index (χ4v) is 1.44. The second-order valence-corrected chi connectivity index (χ2v) is 4.09. The van der Waals surface area contributed by atoms with Gasteiger partial charge >= 0.3 is 0 Å². The number of hydrogen-bond donors (Lipinski definition) is 3. The van der Waals surface area contributed by atoms with Crippen LogP contribution in [0.15, 0.2) is 58.8 Å². The lowest BCUT2D eigenvalue weighted by Crippen LogP contribution is -2.34. The van der Waals surface area contributed by atoms with E-state index >= 15 is 0 Å². The molecule has 0 saturated carbocycles. The second-order valence-electron chi connectivity index (χ2n) is 4.09. The highest BCUT2D eigenvalue weighted by atomic mass is 16.2. The molecule has 5 nitrogen and oxygen atoms in total. The summed E-state index contributed by atoms with van der Waals surface area (Å²) in [6.07, 6.45) is 8.29. The molecule has 0 heterocycles. The van der Waals surface area contributed by atoms with Crippen molar-refractivity contribution >= 4 is 11.4 Å². The summed E-state index contributed by atoms with van der Waals surface area (Å²) in [5.41, 5.74) is 12.3. The average molecular weight is 260 g/mol. The number of allylic oxidation sites excluding steroid dienone is 2. The number of nitrogens with two attached hydrogens (primary N) is 2. The molecule has 0 aromatic heterocycles. The minimum absolute atomic E-state index is 0.250. The van der Waals surface area contributed by atoms with Gasteiger partial charge in [0.25, 0.3) is 0 Å². The maximum Gasteiger partial charge on any atom is 0.152 e. The largest absolute Gasteiger partial charge is 0.399 e. The molecule has 0 saturated heterocycles. The Kier molecular flexibility index (Phi) is 5.92. The van der Waals surface area contributed by atoms with Gasteiger partial charge in [-0.05, 0) is 31.2 Å². The van der Waals surface area contributed by atoms with Crippen molar-refractivity contribution in [3.63, 3.8) is 0 Å². The van der Waals surface area contributed by atoms with Gasteiger partial charge in [0.2, 0.25) is 0 Å². The standard InChI is InChI=1S/C12H14N4.C2H6O/c13-10-5-4-6-11(9-10)15-16-12(14)7-2-1-3-8-12;1-2-3/h1-7,9H,8,13-14H2;3H,2H2,1H3. The normalized spacial score (nSPS) is 21.2. The first-order valence-corrected chi connectivity index (χ1v) is 6.12. The molecule has 0 amide bonds. The Hall–Kier alpha value is -1.98. The molecule has 5 N–H and O–H groups in total. The Morgan fingerprint density at radius 1 is 1.37 bits per heavy atom. The van der Waals surface area contributed by atoms with Crippen molar-refractivity contribution in [2.45, 2.75) is 19.0 Å². The summed E-state index contributed by atoms with van der Waals surface area (Å²) in [5.74, 6) is 0. The molecule has 1 aromatic carbocycles. The number of hydrogen-bond acceptors (Lipinski definition) is 5. The van der Waals surface area contributed by atoms with E-state index in [0.717, 1.165) is 0 Å². The van der Waals surface area contributed by atoms with E-state index in [1.54, 1.807) is 19.1 Å². The van der Waals surface area contributed by atoms with Gasteiger partial charge in [-0.25, -0.2) is 0 Å². The SMILES string of the molecule is CCO.Nc1cccc(N=NC2(N)C=CC=CC2)c1. The van der Waals surface area contributed by atoms with E-state index in [1.807, 2.05) is 36.4 Å². The molecule has 102 valence electrons. The Balaban J connectivity index is 0.000000550. The Labute approximate surface area is 113 Å². The predicted molar refractivity (Wildman–Crippen MR) is 77.9 cm³/mol. The highest BCUT2D eigenvalue weighted by molar-refractivity contribution is 5.50. The Morgan fingerprint density at radius 3 is 2.68 bits per heavy atom. The summed E-state index contributed by atoms with van der Waals surface area (Å²) in [4.78, 5) is 0. The van der Waals surface area contributed by atoms with Gasteiger partial charge in [0, 0.05) is 18.7 Å². The van der Waals surface area contributed by atoms with Crippen molar-refractivity contribution in [1.29, 1.82) is 0 Å². The number of azo groups is 1. The first kappa shape index (κ1) is 15.1. The van der Waals surface area contributed by atoms with E-state index in [0.29, 0.717) is 17.8 Å². The van der Waals surface area contributed by atoms with Crippen molar-refractivity contribution in [3.05, 3.63) is 48.6 Å². The lowest BCUT2D eigenvalue weighted by Gasteiger charge is -2.19. The van der Waals surface area contributed by atoms with E-state index in [2.05, 4.69) is 10.2 Å². The zero-order chi connectivity index (χ0) is 14.1. The third-order valence-electron chi connectivity index (χ3n) is 2.30. The highest BCUT2D eigenvalue weighted by Gasteiger charge is 2.20. The Morgan fingerprint density at radius 2 is 2.11 bits per heavy atom. The number of aliphatic hydroxyl groups is 1. The van der Waals surface area contributed by atoms with Crippen molar-refractivity contribution in [1.82, 2.24) is 0 Å². The van der Waals surface area contributed by atoms with Crippen LogP contribution in [-0.4, -0.2) is 17.4 Å². The summed E-state index contributed by atoms with van der Waals surface area (Å²) in [5, 5.41) is 15.8. The molecule has 19 heavy (non-hydrogen) atoms. The quantitative estimate of drug-likeness (QED) is 0.563. The van der Waals surface area contributed by atoms with E-state index < -0.39 is 5.66 Å². The van der Waals surface area contributed by atoms with Gasteiger partial charge in [-0.1, -0.05) is 24.3 Å². The summed E-state index contributed by atoms with van der Waals surface area (Å²) < 4.78 is 0. The van der Waals surface area contributed by atoms with Crippen LogP contribution in [0.4, 0.5) is 11.4 Å². The molecule has 0 aliphatic heterocycles. The molecule has 5 heteroatoms. The van der Waals surface area contributed by atoms with Crippen LogP contribution in [0.5, 0.6) is 0 Å². The second kappa shape index (κ2) is 7.45. The van der Waals surface area contributed by atoms with Crippen LogP contribution in [0, 0.1) is 0 Å². The summed E-state index contributed by atoms with van der Waals surface area (Å²) in [7, 11) is 0. The van der Waals surface area contributed by atoms with Gasteiger partial charge in [0.15, 0.2) is 5.66 Å². The lowest BCUT2D eigenvalue weighted by molar-refractivity contribution is 0.318. The van der Waals surface area contributed by atoms with Crippen LogP contribution < -0.4 is 11.5 Å². The van der Waals surface area contributed by atoms with Gasteiger partial charge in [-0.3, -0.25) is 0 Å². The van der Waals surface area contributed by atoms with Gasteiger partial charge in [-0.15, -0.1) is 0 Å². The molecular weight excluding hydrogens is 240 g/mol. The molecule has 1 aromatic rings. The summed E-state index contributed by atoms with van der Waals surface area (Å²) >= 11 is 0. The van der Waals surface area contributed by atoms with Crippen molar-refractivity contribution in [3.8, 4) is 0 Å². The smallest absolute Gasteiger partial charge is 0.152 e. The van der Waals surface area contributed by atoms with Crippen LogP contribution in [0.1, 0.15) is 13.3 Å². The molecule has 0 bridgehead atoms. The predicted octanol–water partition coefficient (Wildman–Crippen LogP) is 2.52. The minimum atomic E-state index is -0.723. The number of anilines is 1. The fraction of sp³-hybridized carbons (Fsp3) is 0.286. The van der Waals surface area contributed by atoms with Gasteiger partial charge in [0.1, 0.15) is 0 Å². The summed E-state index contributed by atoms with van der Waals surface area (Å²) in [6, 6.07) is 7.24. The van der Waals surface area contributed by atoms with Crippen LogP contribution >= 0.6 is 0 Å². The van der Waals surface area contributed by atoms with Crippen LogP contribution in [0.3, 0.4) is 0 Å². The van der Waals surface area contributed by atoms with Gasteiger partial charge in [0.05, 0.1) is 5.69 Å². The number of rotatable bonds is 2. The number of nitrogens with zero attached hydrogens (tertiary/aromatic N) is 2. The average Bonchev–Trinajstić information content (AvgIpc) is 2.39. The summed E-state index contributed by atoms with van der Waals surface area (Å²) in [6.45, 7) is 1.93. The molecule has 0 fully saturated rings. The molecule has 1 aliphatic rings. The van der Waals surface area contributed by atoms with Gasteiger partial charge < -0.3 is 16.6 Å². The number of aliphatic hydroxyl groups excluding tert-OH is 1. The third-order valence-corrected chi connectivity index (χ3v) is 2.30. The topological polar surface area (TPSA) is 97.0 Å². The van der Waals surface area contributed by atoms with E-state index in [4.69, 9.17) is 16.6 Å². The molecule has 1 atom stereocenters. The minimum Gasteiger partial charge on any atom is -0.399 e. The van der Waals surface area contributed by atoms with E-state index in [1.165, 1.54) is 0 Å². The monoisotopic (exact) mass is 260 g/mol. The molecule has 1 unspecified atom stereocenters. The molecule has 2 rings (SSSR count). The van der Waals surface area contributed by atoms with Crippen LogP contribution in [0.25, 0.3) is 0 Å². The maximum absolute atomic E-state index is 7.57. The highest BCUT2D eigenvalue weighted by Crippen LogP contribution is 2.21. The fourth-order valence-electron chi connectivity index (χ4n) is 1.44. The number of nitrogen functional groups attached to an aromatic ring is 1. The maximum atomic E-state index is 7.57. The molecule has 0 spiro atoms. The first-order valence-electron chi connectivity index (χ1n) is 6.12. The van der Waals surface area contributed by atoms with E-state index in [9.17, 15) is 0 Å². The first-order chi connectivity index (χ1) is 9.09. The van der Waals surface area contributed by atoms with Crippen molar-refractivity contribution < 1.29 is 5.11 Å². The molecule has 0 radical (unpaired) electrons. The van der Waals surface area contributed by atoms with Gasteiger partial charge in [-0.2, -0.15) is 10.2 Å². The zero-order valence-electron chi connectivity index (χ0n) is 11.0. The molecule has 1 aliphatic carbocycles. The van der Waals surface area contributed by atoms with E-state index in [-0.39, 0.29) is 6.61 Å². The van der Waals surface area contributed by atoms with Crippen molar-refractivity contribution in [2.75, 3.05) is 12.3 Å². The zero-order valence-corrected chi connectivity index (χ0v) is 11.0. The van der Waals surface area contributed by atoms with Crippen molar-refractivity contribution in [2.24, 2.45) is 16.0 Å². The lowest BCUT2D eigenvalue weighted by atomic mass is 10.0.